The summed E-state index contributed by atoms with van der Waals surface area (Å²) in [4.78, 5) is 4.21. The first kappa shape index (κ1) is 13.8. The van der Waals surface area contributed by atoms with E-state index in [1.807, 2.05) is 0 Å². The number of aromatic nitrogens is 1. The summed E-state index contributed by atoms with van der Waals surface area (Å²) in [7, 11) is -3.25. The minimum Gasteiger partial charge on any atom is -0.456 e. The normalized spacial score (nSPS) is 11.3. The van der Waals surface area contributed by atoms with Crippen LogP contribution in [-0.2, 0) is 15.7 Å². The van der Waals surface area contributed by atoms with E-state index in [1.165, 1.54) is 12.1 Å². The average molecular weight is 298 g/mol. The van der Waals surface area contributed by atoms with Gasteiger partial charge < -0.3 is 4.74 Å². The standard InChI is InChI=1S/C13H12ClNO3S/c1-19(16,17)13-4-2-3-11(6-13)18-12-5-10(7-14)8-15-9-12/h2-6,8-9H,7H2,1H3. The molecule has 0 fully saturated rings. The molecule has 100 valence electrons. The van der Waals surface area contributed by atoms with Crippen LogP contribution >= 0.6 is 11.6 Å². The minimum atomic E-state index is -3.25. The number of nitrogens with zero attached hydrogens (tertiary/aromatic N) is 1. The SMILES string of the molecule is CS(=O)(=O)c1cccc(Oc2cncc(CCl)c2)c1. The molecule has 0 aliphatic heterocycles. The van der Waals surface area contributed by atoms with E-state index in [9.17, 15) is 8.42 Å². The summed E-state index contributed by atoms with van der Waals surface area (Å²) in [6.07, 6.45) is 4.34. The fourth-order valence-corrected chi connectivity index (χ4v) is 2.30. The molecule has 4 nitrogen and oxygen atoms in total. The molecule has 0 saturated heterocycles. The lowest BCUT2D eigenvalue weighted by Gasteiger charge is -2.07. The van der Waals surface area contributed by atoms with E-state index in [2.05, 4.69) is 4.98 Å². The topological polar surface area (TPSA) is 56.3 Å². The number of benzene rings is 1. The second-order valence-electron chi connectivity index (χ2n) is 4.01. The Morgan fingerprint density at radius 1 is 1.21 bits per heavy atom. The number of hydrogen-bond acceptors (Lipinski definition) is 4. The van der Waals surface area contributed by atoms with Crippen LogP contribution in [0.5, 0.6) is 11.5 Å². The molecule has 6 heteroatoms. The van der Waals surface area contributed by atoms with Gasteiger partial charge in [-0.15, -0.1) is 11.6 Å². The van der Waals surface area contributed by atoms with Crippen LogP contribution in [0.3, 0.4) is 0 Å². The summed E-state index contributed by atoms with van der Waals surface area (Å²) < 4.78 is 28.5. The van der Waals surface area contributed by atoms with Crippen molar-refractivity contribution in [2.45, 2.75) is 10.8 Å². The fraction of sp³-hybridized carbons (Fsp3) is 0.154. The number of halogens is 1. The molecule has 0 bridgehead atoms. The molecule has 2 rings (SSSR count). The van der Waals surface area contributed by atoms with Gasteiger partial charge in [-0.3, -0.25) is 4.98 Å². The van der Waals surface area contributed by atoms with Gasteiger partial charge in [0, 0.05) is 18.3 Å². The summed E-state index contributed by atoms with van der Waals surface area (Å²) in [5.41, 5.74) is 0.832. The van der Waals surface area contributed by atoms with Crippen molar-refractivity contribution in [3.8, 4) is 11.5 Å². The zero-order chi connectivity index (χ0) is 13.9. The highest BCUT2D eigenvalue weighted by molar-refractivity contribution is 7.90. The van der Waals surface area contributed by atoms with Crippen molar-refractivity contribution in [2.75, 3.05) is 6.26 Å². The predicted octanol–water partition coefficient (Wildman–Crippen LogP) is 3.02. The Kier molecular flexibility index (Phi) is 4.07. The third-order valence-electron chi connectivity index (χ3n) is 2.39. The van der Waals surface area contributed by atoms with Crippen LogP contribution in [0.25, 0.3) is 0 Å². The van der Waals surface area contributed by atoms with E-state index < -0.39 is 9.84 Å². The Balaban J connectivity index is 2.28. The highest BCUT2D eigenvalue weighted by Gasteiger charge is 2.08. The molecule has 0 radical (unpaired) electrons. The summed E-state index contributed by atoms with van der Waals surface area (Å²) in [6.45, 7) is 0. The van der Waals surface area contributed by atoms with Gasteiger partial charge in [0.1, 0.15) is 11.5 Å². The lowest BCUT2D eigenvalue weighted by Crippen LogP contribution is -1.97. The van der Waals surface area contributed by atoms with Crippen LogP contribution in [0.4, 0.5) is 0 Å². The van der Waals surface area contributed by atoms with E-state index in [4.69, 9.17) is 16.3 Å². The molecular weight excluding hydrogens is 286 g/mol. The molecule has 1 heterocycles. The highest BCUT2D eigenvalue weighted by Crippen LogP contribution is 2.24. The molecule has 0 N–H and O–H groups in total. The Bertz CT molecular complexity index is 686. The van der Waals surface area contributed by atoms with E-state index >= 15 is 0 Å². The fourth-order valence-electron chi connectivity index (χ4n) is 1.50. The maximum atomic E-state index is 11.5. The van der Waals surface area contributed by atoms with E-state index in [0.29, 0.717) is 17.4 Å². The van der Waals surface area contributed by atoms with E-state index in [0.717, 1.165) is 11.8 Å². The summed E-state index contributed by atoms with van der Waals surface area (Å²) in [5, 5.41) is 0. The molecular formula is C13H12ClNO3S. The van der Waals surface area contributed by atoms with E-state index in [-0.39, 0.29) is 4.90 Å². The zero-order valence-electron chi connectivity index (χ0n) is 10.2. The van der Waals surface area contributed by atoms with Crippen molar-refractivity contribution in [1.29, 1.82) is 0 Å². The third-order valence-corrected chi connectivity index (χ3v) is 3.81. The molecule has 1 aromatic carbocycles. The highest BCUT2D eigenvalue weighted by atomic mass is 35.5. The summed E-state index contributed by atoms with van der Waals surface area (Å²) in [6, 6.07) is 8.07. The van der Waals surface area contributed by atoms with Crippen LogP contribution in [0.2, 0.25) is 0 Å². The first-order valence-corrected chi connectivity index (χ1v) is 7.89. The number of alkyl halides is 1. The molecule has 2 aromatic rings. The van der Waals surface area contributed by atoms with Crippen molar-refractivity contribution in [3.05, 3.63) is 48.3 Å². The molecule has 0 aliphatic rings. The quantitative estimate of drug-likeness (QED) is 0.814. The van der Waals surface area contributed by atoms with E-state index in [1.54, 1.807) is 30.6 Å². The van der Waals surface area contributed by atoms with Gasteiger partial charge in [-0.05, 0) is 29.8 Å². The van der Waals surface area contributed by atoms with Gasteiger partial charge in [-0.1, -0.05) is 6.07 Å². The van der Waals surface area contributed by atoms with Gasteiger partial charge in [-0.2, -0.15) is 0 Å². The van der Waals surface area contributed by atoms with Crippen molar-refractivity contribution in [3.63, 3.8) is 0 Å². The van der Waals surface area contributed by atoms with Crippen LogP contribution < -0.4 is 4.74 Å². The monoisotopic (exact) mass is 297 g/mol. The molecule has 19 heavy (non-hydrogen) atoms. The Morgan fingerprint density at radius 3 is 2.68 bits per heavy atom. The number of hydrogen-bond donors (Lipinski definition) is 0. The number of ether oxygens (including phenoxy) is 1. The largest absolute Gasteiger partial charge is 0.456 e. The number of sulfone groups is 1. The van der Waals surface area contributed by atoms with Crippen molar-refractivity contribution < 1.29 is 13.2 Å². The predicted molar refractivity (Wildman–Crippen MR) is 73.4 cm³/mol. The molecule has 0 unspecified atom stereocenters. The molecule has 1 aromatic heterocycles. The number of pyridine rings is 1. The molecule has 0 spiro atoms. The average Bonchev–Trinajstić information content (AvgIpc) is 2.38. The summed E-state index contributed by atoms with van der Waals surface area (Å²) in [5.74, 6) is 1.30. The Labute approximate surface area is 116 Å². The maximum Gasteiger partial charge on any atom is 0.175 e. The van der Waals surface area contributed by atoms with Gasteiger partial charge in [0.05, 0.1) is 11.1 Å². The molecule has 0 atom stereocenters. The Hall–Kier alpha value is -1.59. The zero-order valence-corrected chi connectivity index (χ0v) is 11.8. The van der Waals surface area contributed by atoms with Gasteiger partial charge in [0.15, 0.2) is 9.84 Å². The molecule has 0 saturated carbocycles. The smallest absolute Gasteiger partial charge is 0.175 e. The van der Waals surface area contributed by atoms with Gasteiger partial charge in [-0.25, -0.2) is 8.42 Å². The van der Waals surface area contributed by atoms with Gasteiger partial charge in [0.25, 0.3) is 0 Å². The van der Waals surface area contributed by atoms with Crippen LogP contribution in [-0.4, -0.2) is 19.7 Å². The molecule has 0 amide bonds. The number of rotatable bonds is 4. The lowest BCUT2D eigenvalue weighted by atomic mass is 10.3. The second-order valence-corrected chi connectivity index (χ2v) is 6.29. The summed E-state index contributed by atoms with van der Waals surface area (Å²) >= 11 is 5.71. The van der Waals surface area contributed by atoms with Crippen molar-refractivity contribution in [1.82, 2.24) is 4.98 Å². The molecule has 0 aliphatic carbocycles. The van der Waals surface area contributed by atoms with Crippen LogP contribution in [0.15, 0.2) is 47.6 Å². The third kappa shape index (κ3) is 3.68. The van der Waals surface area contributed by atoms with Crippen molar-refractivity contribution >= 4 is 21.4 Å². The van der Waals surface area contributed by atoms with Crippen LogP contribution in [0, 0.1) is 0 Å². The lowest BCUT2D eigenvalue weighted by molar-refractivity contribution is 0.478. The second kappa shape index (κ2) is 5.59. The van der Waals surface area contributed by atoms with Crippen molar-refractivity contribution in [2.24, 2.45) is 0 Å². The minimum absolute atomic E-state index is 0.214. The first-order valence-electron chi connectivity index (χ1n) is 5.47. The van der Waals surface area contributed by atoms with Gasteiger partial charge in [0.2, 0.25) is 0 Å². The maximum absolute atomic E-state index is 11.5. The first-order chi connectivity index (χ1) is 8.99. The Morgan fingerprint density at radius 2 is 2.00 bits per heavy atom. The van der Waals surface area contributed by atoms with Gasteiger partial charge >= 0.3 is 0 Å². The van der Waals surface area contributed by atoms with Crippen LogP contribution in [0.1, 0.15) is 5.56 Å².